The molecular weight excluding hydrogens is 408 g/mol. The van der Waals surface area contributed by atoms with Gasteiger partial charge in [-0.3, -0.25) is 5.01 Å². The van der Waals surface area contributed by atoms with Gasteiger partial charge in [-0.1, -0.05) is 18.2 Å². The van der Waals surface area contributed by atoms with E-state index in [1.807, 2.05) is 43.3 Å². The third kappa shape index (κ3) is 5.31. The van der Waals surface area contributed by atoms with Gasteiger partial charge in [0.25, 0.3) is 0 Å². The predicted molar refractivity (Wildman–Crippen MR) is 118 cm³/mol. The maximum Gasteiger partial charge on any atom is 0.182 e. The largest absolute Gasteiger partial charge is 0.388 e. The molecule has 0 fully saturated rings. The second-order valence-corrected chi connectivity index (χ2v) is 7.95. The van der Waals surface area contributed by atoms with Gasteiger partial charge >= 0.3 is 0 Å². The molecule has 0 radical (unpaired) electrons. The second-order valence-electron chi connectivity index (χ2n) is 6.50. The summed E-state index contributed by atoms with van der Waals surface area (Å²) in [7, 11) is 1.99. The van der Waals surface area contributed by atoms with E-state index >= 15 is 0 Å². The van der Waals surface area contributed by atoms with Gasteiger partial charge < -0.3 is 10.6 Å². The van der Waals surface area contributed by atoms with E-state index in [4.69, 9.17) is 11.6 Å². The van der Waals surface area contributed by atoms with E-state index in [1.165, 1.54) is 42.3 Å². The number of hydrogen-bond acceptors (Lipinski definition) is 6. The first-order chi connectivity index (χ1) is 14.2. The Morgan fingerprint density at radius 3 is 2.27 bits per heavy atom. The second kappa shape index (κ2) is 10.1. The molecule has 0 aliphatic carbocycles. The molecule has 0 spiro atoms. The highest BCUT2D eigenvalue weighted by Crippen LogP contribution is 2.30. The molecule has 1 aliphatic rings. The Hall–Kier alpha value is -3.04. The lowest BCUT2D eigenvalue weighted by molar-refractivity contribution is 0.618. The number of hydrogen-bond donors (Lipinski definition) is 2. The molecule has 4 N–H and O–H groups in total. The summed E-state index contributed by atoms with van der Waals surface area (Å²) in [4.78, 5) is 6.71. The SMILES string of the molecule is C/C=C(\C)F.CN(C)C1=N/C(=C(/N)S(=O)c2ccc(F)cc2)N(N)c2ccccc21. The van der Waals surface area contributed by atoms with Crippen LogP contribution < -0.4 is 16.6 Å². The van der Waals surface area contributed by atoms with Gasteiger partial charge in [-0.25, -0.2) is 23.8 Å². The van der Waals surface area contributed by atoms with Gasteiger partial charge in [-0.15, -0.1) is 0 Å². The number of nitrogens with zero attached hydrogens (tertiary/aromatic N) is 3. The van der Waals surface area contributed by atoms with Gasteiger partial charge in [0.15, 0.2) is 5.82 Å². The first-order valence-electron chi connectivity index (χ1n) is 9.03. The van der Waals surface area contributed by atoms with E-state index in [0.717, 1.165) is 5.56 Å². The molecule has 2 aromatic carbocycles. The Bertz CT molecular complexity index is 1010. The Morgan fingerprint density at radius 2 is 1.73 bits per heavy atom. The minimum atomic E-state index is -1.72. The summed E-state index contributed by atoms with van der Waals surface area (Å²) in [6.07, 6.45) is 1.42. The van der Waals surface area contributed by atoms with Crippen molar-refractivity contribution in [3.63, 3.8) is 0 Å². The summed E-state index contributed by atoms with van der Waals surface area (Å²) in [6.45, 7) is 3.08. The highest BCUT2D eigenvalue weighted by molar-refractivity contribution is 7.89. The molecule has 9 heteroatoms. The van der Waals surface area contributed by atoms with Crippen molar-refractivity contribution in [3.8, 4) is 0 Å². The number of hydrazine groups is 1. The Kier molecular flexibility index (Phi) is 7.85. The molecule has 0 bridgehead atoms. The van der Waals surface area contributed by atoms with Crippen molar-refractivity contribution >= 4 is 22.3 Å². The summed E-state index contributed by atoms with van der Waals surface area (Å²) in [5.74, 6) is 6.50. The molecule has 1 atom stereocenters. The minimum absolute atomic E-state index is 0.00274. The van der Waals surface area contributed by atoms with Crippen LogP contribution in [-0.4, -0.2) is 29.0 Å². The maximum atomic E-state index is 13.1. The highest BCUT2D eigenvalue weighted by Gasteiger charge is 2.26. The van der Waals surface area contributed by atoms with Crippen LogP contribution in [0.5, 0.6) is 0 Å². The van der Waals surface area contributed by atoms with E-state index in [9.17, 15) is 13.0 Å². The minimum Gasteiger partial charge on any atom is -0.388 e. The molecule has 0 aromatic heterocycles. The zero-order valence-electron chi connectivity index (χ0n) is 17.3. The molecule has 1 aliphatic heterocycles. The summed E-state index contributed by atoms with van der Waals surface area (Å²) >= 11 is 0. The van der Waals surface area contributed by atoms with Crippen molar-refractivity contribution < 1.29 is 13.0 Å². The van der Waals surface area contributed by atoms with Crippen LogP contribution in [0.1, 0.15) is 19.4 Å². The topological polar surface area (TPSA) is 88.0 Å². The smallest absolute Gasteiger partial charge is 0.182 e. The number of fused-ring (bicyclic) bond motifs is 1. The zero-order chi connectivity index (χ0) is 22.4. The number of amidine groups is 1. The van der Waals surface area contributed by atoms with Crippen molar-refractivity contribution in [3.05, 3.63) is 82.7 Å². The number of aliphatic imine (C=N–C) groups is 1. The van der Waals surface area contributed by atoms with Crippen LogP contribution in [0.3, 0.4) is 0 Å². The first kappa shape index (κ1) is 23.2. The lowest BCUT2D eigenvalue weighted by Gasteiger charge is -2.30. The highest BCUT2D eigenvalue weighted by atomic mass is 32.2. The van der Waals surface area contributed by atoms with Gasteiger partial charge in [0.2, 0.25) is 0 Å². The van der Waals surface area contributed by atoms with Crippen LogP contribution in [0.2, 0.25) is 0 Å². The summed E-state index contributed by atoms with van der Waals surface area (Å²) in [6, 6.07) is 12.8. The molecular formula is C21H25F2N5OS. The molecule has 2 aromatic rings. The van der Waals surface area contributed by atoms with E-state index in [1.54, 1.807) is 6.92 Å². The number of halogens is 2. The lowest BCUT2D eigenvalue weighted by Crippen LogP contribution is -2.39. The molecule has 0 amide bonds. The van der Waals surface area contributed by atoms with E-state index < -0.39 is 16.6 Å². The Balaban J connectivity index is 0.000000575. The van der Waals surface area contributed by atoms with E-state index in [0.29, 0.717) is 16.4 Å². The van der Waals surface area contributed by atoms with Crippen molar-refractivity contribution in [2.24, 2.45) is 16.6 Å². The Labute approximate surface area is 177 Å². The van der Waals surface area contributed by atoms with Crippen LogP contribution >= 0.6 is 0 Å². The Morgan fingerprint density at radius 1 is 1.17 bits per heavy atom. The van der Waals surface area contributed by atoms with Crippen LogP contribution in [0.15, 0.2) is 81.2 Å². The van der Waals surface area contributed by atoms with Gasteiger partial charge in [-0.2, -0.15) is 0 Å². The predicted octanol–water partition coefficient (Wildman–Crippen LogP) is 3.60. The van der Waals surface area contributed by atoms with Crippen molar-refractivity contribution in [1.29, 1.82) is 0 Å². The summed E-state index contributed by atoms with van der Waals surface area (Å²) in [5.41, 5.74) is 7.66. The normalized spacial score (nSPS) is 16.0. The summed E-state index contributed by atoms with van der Waals surface area (Å²) in [5, 5.41) is 1.32. The van der Waals surface area contributed by atoms with Crippen molar-refractivity contribution in [1.82, 2.24) is 4.90 Å². The third-order valence-electron chi connectivity index (χ3n) is 4.11. The molecule has 3 rings (SSSR count). The van der Waals surface area contributed by atoms with Crippen LogP contribution in [0, 0.1) is 5.82 Å². The van der Waals surface area contributed by atoms with Gasteiger partial charge in [0, 0.05) is 24.6 Å². The van der Waals surface area contributed by atoms with Crippen LogP contribution in [0.4, 0.5) is 14.5 Å². The first-order valence-corrected chi connectivity index (χ1v) is 10.2. The quantitative estimate of drug-likeness (QED) is 0.707. The van der Waals surface area contributed by atoms with Gasteiger partial charge in [0.05, 0.1) is 11.5 Å². The summed E-state index contributed by atoms with van der Waals surface area (Å²) < 4.78 is 37.1. The number of para-hydroxylation sites is 1. The molecule has 1 heterocycles. The monoisotopic (exact) mass is 433 g/mol. The van der Waals surface area contributed by atoms with Gasteiger partial charge in [-0.05, 0) is 50.2 Å². The number of allylic oxidation sites excluding steroid dienone is 2. The number of anilines is 1. The average Bonchev–Trinajstić information content (AvgIpc) is 2.74. The lowest BCUT2D eigenvalue weighted by atomic mass is 10.1. The molecule has 30 heavy (non-hydrogen) atoms. The fourth-order valence-electron chi connectivity index (χ4n) is 2.48. The molecule has 1 unspecified atom stereocenters. The molecule has 0 saturated heterocycles. The van der Waals surface area contributed by atoms with E-state index in [2.05, 4.69) is 4.99 Å². The zero-order valence-corrected chi connectivity index (χ0v) is 18.1. The van der Waals surface area contributed by atoms with E-state index in [-0.39, 0.29) is 16.7 Å². The van der Waals surface area contributed by atoms with Crippen molar-refractivity contribution in [2.45, 2.75) is 18.7 Å². The van der Waals surface area contributed by atoms with Crippen molar-refractivity contribution in [2.75, 3.05) is 19.1 Å². The van der Waals surface area contributed by atoms with Crippen LogP contribution in [-0.2, 0) is 10.8 Å². The van der Waals surface area contributed by atoms with Crippen LogP contribution in [0.25, 0.3) is 0 Å². The standard InChI is InChI=1S/C17H18FN5OS.C4H7F/c1-22(2)16-13-5-3-4-6-14(13)23(20)17(21-16)15(19)25(24)12-9-7-11(18)8-10-12;1-3-4(2)5/h3-10H,19-20H2,1-2H3;3H,1-2H3/b17-15+;4-3+. The fourth-order valence-corrected chi connectivity index (χ4v) is 3.43. The van der Waals surface area contributed by atoms with Gasteiger partial charge in [0.1, 0.15) is 27.5 Å². The molecule has 6 nitrogen and oxygen atoms in total. The third-order valence-corrected chi connectivity index (χ3v) is 5.40. The number of benzene rings is 2. The number of nitrogens with two attached hydrogens (primary N) is 2. The fraction of sp³-hybridized carbons (Fsp3) is 0.190. The molecule has 0 saturated carbocycles. The number of rotatable bonds is 2. The average molecular weight is 434 g/mol. The molecule has 160 valence electrons. The maximum absolute atomic E-state index is 13.1.